The molecule has 2 saturated heterocycles. The summed E-state index contributed by atoms with van der Waals surface area (Å²) in [5, 5.41) is 3.39. The largest absolute Gasteiger partial charge is 0.378 e. The monoisotopic (exact) mass is 380 g/mol. The fraction of sp³-hybridized carbons (Fsp3) is 0.632. The van der Waals surface area contributed by atoms with E-state index in [1.54, 1.807) is 13.1 Å². The highest BCUT2D eigenvalue weighted by Gasteiger charge is 2.28. The fourth-order valence-electron chi connectivity index (χ4n) is 3.43. The Labute approximate surface area is 160 Å². The van der Waals surface area contributed by atoms with Crippen molar-refractivity contribution in [3.05, 3.63) is 29.6 Å². The van der Waals surface area contributed by atoms with Crippen molar-refractivity contribution in [1.29, 1.82) is 0 Å². The number of morpholine rings is 1. The standard InChI is InChI=1S/C19H29FN4OS/c1-19(2)14-24(8-11-26-19)18(21-3)22-13-15-4-5-17(16(20)12-15)23-6-9-25-10-7-23/h4-5,12H,6-11,13-14H2,1-3H3,(H,21,22). The molecule has 144 valence electrons. The Morgan fingerprint density at radius 3 is 2.73 bits per heavy atom. The van der Waals surface area contributed by atoms with Gasteiger partial charge < -0.3 is 19.9 Å². The highest BCUT2D eigenvalue weighted by Crippen LogP contribution is 2.29. The summed E-state index contributed by atoms with van der Waals surface area (Å²) in [6.45, 7) is 9.82. The van der Waals surface area contributed by atoms with E-state index < -0.39 is 0 Å². The predicted molar refractivity (Wildman–Crippen MR) is 108 cm³/mol. The van der Waals surface area contributed by atoms with Gasteiger partial charge in [-0.05, 0) is 31.5 Å². The second kappa shape index (κ2) is 8.48. The lowest BCUT2D eigenvalue weighted by Gasteiger charge is -2.39. The van der Waals surface area contributed by atoms with Gasteiger partial charge in [0, 0.05) is 50.3 Å². The van der Waals surface area contributed by atoms with Crippen LogP contribution in [-0.4, -0.2) is 67.8 Å². The molecule has 2 heterocycles. The molecule has 2 aliphatic heterocycles. The van der Waals surface area contributed by atoms with Gasteiger partial charge in [0.25, 0.3) is 0 Å². The number of benzene rings is 1. The number of guanidine groups is 1. The van der Waals surface area contributed by atoms with Crippen LogP contribution in [0.15, 0.2) is 23.2 Å². The molecule has 1 N–H and O–H groups in total. The molecular weight excluding hydrogens is 351 g/mol. The highest BCUT2D eigenvalue weighted by molar-refractivity contribution is 8.00. The van der Waals surface area contributed by atoms with Crippen LogP contribution in [0.2, 0.25) is 0 Å². The van der Waals surface area contributed by atoms with E-state index in [-0.39, 0.29) is 10.6 Å². The van der Waals surface area contributed by atoms with Crippen LogP contribution in [0.4, 0.5) is 10.1 Å². The highest BCUT2D eigenvalue weighted by atomic mass is 32.2. The molecule has 0 spiro atoms. The summed E-state index contributed by atoms with van der Waals surface area (Å²) in [4.78, 5) is 8.74. The number of rotatable bonds is 3. The maximum absolute atomic E-state index is 14.5. The first kappa shape index (κ1) is 19.3. The van der Waals surface area contributed by atoms with Crippen LogP contribution in [0.5, 0.6) is 0 Å². The molecule has 0 aliphatic carbocycles. The summed E-state index contributed by atoms with van der Waals surface area (Å²) in [6, 6.07) is 5.49. The van der Waals surface area contributed by atoms with E-state index in [4.69, 9.17) is 4.74 Å². The van der Waals surface area contributed by atoms with Crippen molar-refractivity contribution in [2.45, 2.75) is 25.1 Å². The molecule has 5 nitrogen and oxygen atoms in total. The van der Waals surface area contributed by atoms with Crippen molar-refractivity contribution in [3.63, 3.8) is 0 Å². The third kappa shape index (κ3) is 4.82. The number of nitrogens with one attached hydrogen (secondary N) is 1. The van der Waals surface area contributed by atoms with Crippen LogP contribution in [-0.2, 0) is 11.3 Å². The minimum Gasteiger partial charge on any atom is -0.378 e. The second-order valence-corrected chi connectivity index (χ2v) is 9.12. The normalized spacial score (nSPS) is 21.0. The first-order chi connectivity index (χ1) is 12.5. The molecule has 0 saturated carbocycles. The van der Waals surface area contributed by atoms with Crippen molar-refractivity contribution in [2.24, 2.45) is 4.99 Å². The smallest absolute Gasteiger partial charge is 0.193 e. The van der Waals surface area contributed by atoms with Crippen molar-refractivity contribution in [1.82, 2.24) is 10.2 Å². The van der Waals surface area contributed by atoms with Gasteiger partial charge in [-0.25, -0.2) is 4.39 Å². The molecule has 0 unspecified atom stereocenters. The van der Waals surface area contributed by atoms with Crippen LogP contribution in [0.25, 0.3) is 0 Å². The zero-order valence-electron chi connectivity index (χ0n) is 15.9. The topological polar surface area (TPSA) is 40.1 Å². The molecule has 0 amide bonds. The maximum atomic E-state index is 14.5. The van der Waals surface area contributed by atoms with E-state index in [2.05, 4.69) is 29.1 Å². The van der Waals surface area contributed by atoms with E-state index in [1.807, 2.05) is 28.8 Å². The summed E-state index contributed by atoms with van der Waals surface area (Å²) in [7, 11) is 1.80. The Balaban J connectivity index is 1.60. The summed E-state index contributed by atoms with van der Waals surface area (Å²) in [5.41, 5.74) is 1.59. The Bertz CT molecular complexity index is 646. The van der Waals surface area contributed by atoms with Crippen molar-refractivity contribution < 1.29 is 9.13 Å². The van der Waals surface area contributed by atoms with Crippen LogP contribution >= 0.6 is 11.8 Å². The van der Waals surface area contributed by atoms with Gasteiger partial charge in [-0.1, -0.05) is 6.07 Å². The van der Waals surface area contributed by atoms with E-state index in [9.17, 15) is 4.39 Å². The number of anilines is 1. The molecule has 3 rings (SSSR count). The quantitative estimate of drug-likeness (QED) is 0.645. The minimum atomic E-state index is -0.170. The van der Waals surface area contributed by atoms with Crippen LogP contribution in [0.1, 0.15) is 19.4 Å². The number of halogens is 1. The van der Waals surface area contributed by atoms with Gasteiger partial charge in [0.05, 0.1) is 18.9 Å². The lowest BCUT2D eigenvalue weighted by molar-refractivity contribution is 0.122. The molecule has 0 radical (unpaired) electrons. The molecule has 7 heteroatoms. The molecule has 26 heavy (non-hydrogen) atoms. The summed E-state index contributed by atoms with van der Waals surface area (Å²) in [6.07, 6.45) is 0. The molecule has 0 atom stereocenters. The van der Waals surface area contributed by atoms with Gasteiger partial charge in [-0.15, -0.1) is 0 Å². The molecule has 1 aromatic rings. The fourth-order valence-corrected chi connectivity index (χ4v) is 4.54. The molecule has 0 aromatic heterocycles. The van der Waals surface area contributed by atoms with Crippen LogP contribution in [0.3, 0.4) is 0 Å². The number of hydrogen-bond donors (Lipinski definition) is 1. The van der Waals surface area contributed by atoms with Gasteiger partial charge >= 0.3 is 0 Å². The summed E-state index contributed by atoms with van der Waals surface area (Å²) >= 11 is 2.00. The lowest BCUT2D eigenvalue weighted by atomic mass is 10.1. The van der Waals surface area contributed by atoms with Crippen LogP contribution in [0, 0.1) is 5.82 Å². The van der Waals surface area contributed by atoms with Gasteiger partial charge in [-0.2, -0.15) is 11.8 Å². The third-order valence-corrected chi connectivity index (χ3v) is 6.05. The first-order valence-corrected chi connectivity index (χ1v) is 10.2. The number of ether oxygens (including phenoxy) is 1. The maximum Gasteiger partial charge on any atom is 0.193 e. The minimum absolute atomic E-state index is 0.170. The molecule has 1 aromatic carbocycles. The first-order valence-electron chi connectivity index (χ1n) is 9.19. The van der Waals surface area contributed by atoms with E-state index >= 15 is 0 Å². The number of thioether (sulfide) groups is 1. The zero-order chi connectivity index (χ0) is 18.6. The SMILES string of the molecule is CN=C(NCc1ccc(N2CCOCC2)c(F)c1)N1CCSC(C)(C)C1. The van der Waals surface area contributed by atoms with Gasteiger partial charge in [0.15, 0.2) is 5.96 Å². The average molecular weight is 381 g/mol. The average Bonchev–Trinajstić information content (AvgIpc) is 2.62. The van der Waals surface area contributed by atoms with Crippen LogP contribution < -0.4 is 10.2 Å². The second-order valence-electron chi connectivity index (χ2n) is 7.32. The Hall–Kier alpha value is -1.47. The number of aliphatic imine (C=N–C) groups is 1. The lowest BCUT2D eigenvalue weighted by Crippen LogP contribution is -2.50. The van der Waals surface area contributed by atoms with Gasteiger partial charge in [0.2, 0.25) is 0 Å². The molecule has 2 aliphatic rings. The Morgan fingerprint density at radius 2 is 2.08 bits per heavy atom. The molecule has 2 fully saturated rings. The van der Waals surface area contributed by atoms with Gasteiger partial charge in [0.1, 0.15) is 5.82 Å². The van der Waals surface area contributed by atoms with Gasteiger partial charge in [-0.3, -0.25) is 4.99 Å². The predicted octanol–water partition coefficient (Wildman–Crippen LogP) is 2.57. The number of hydrogen-bond acceptors (Lipinski definition) is 4. The van der Waals surface area contributed by atoms with E-state index in [0.717, 1.165) is 43.5 Å². The molecular formula is C19H29FN4OS. The summed E-state index contributed by atoms with van der Waals surface area (Å²) < 4.78 is 20.1. The zero-order valence-corrected chi connectivity index (χ0v) is 16.7. The van der Waals surface area contributed by atoms with Crippen molar-refractivity contribution >= 4 is 23.4 Å². The van der Waals surface area contributed by atoms with Crippen molar-refractivity contribution in [3.8, 4) is 0 Å². The number of nitrogens with zero attached hydrogens (tertiary/aromatic N) is 3. The van der Waals surface area contributed by atoms with E-state index in [1.165, 1.54) is 0 Å². The molecule has 0 bridgehead atoms. The third-order valence-electron chi connectivity index (χ3n) is 4.75. The Kier molecular flexibility index (Phi) is 6.29. The Morgan fingerprint density at radius 1 is 1.31 bits per heavy atom. The summed E-state index contributed by atoms with van der Waals surface area (Å²) in [5.74, 6) is 1.81. The van der Waals surface area contributed by atoms with Crippen molar-refractivity contribution in [2.75, 3.05) is 57.1 Å². The van der Waals surface area contributed by atoms with E-state index in [0.29, 0.717) is 25.4 Å².